The zero-order valence-corrected chi connectivity index (χ0v) is 23.2. The molecule has 2 aromatic rings. The number of nitrogens with zero attached hydrogens (tertiary/aromatic N) is 3. The molecule has 0 spiro atoms. The fourth-order valence-corrected chi connectivity index (χ4v) is 4.77. The summed E-state index contributed by atoms with van der Waals surface area (Å²) >= 11 is 0. The zero-order valence-electron chi connectivity index (χ0n) is 23.2. The van der Waals surface area contributed by atoms with E-state index in [1.54, 1.807) is 23.1 Å². The van der Waals surface area contributed by atoms with Gasteiger partial charge in [-0.25, -0.2) is 4.79 Å². The molecular formula is C29H41F3N4O4. The number of carboxylic acids is 1. The van der Waals surface area contributed by atoms with Gasteiger partial charge in [0.15, 0.2) is 0 Å². The summed E-state index contributed by atoms with van der Waals surface area (Å²) in [7, 11) is 0. The van der Waals surface area contributed by atoms with Crippen LogP contribution in [0.1, 0.15) is 83.1 Å². The number of carboxylic acid groups (broad SMARTS) is 1. The maximum Gasteiger partial charge on any atom is 0.573 e. The molecule has 2 N–H and O–H groups in total. The number of aromatic nitrogens is 2. The molecule has 0 radical (unpaired) electrons. The van der Waals surface area contributed by atoms with Crippen LogP contribution in [0.3, 0.4) is 0 Å². The number of alkyl halides is 3. The first kappa shape index (κ1) is 31.3. The summed E-state index contributed by atoms with van der Waals surface area (Å²) in [5.41, 5.74) is 0.824. The van der Waals surface area contributed by atoms with Gasteiger partial charge in [-0.05, 0) is 49.8 Å². The van der Waals surface area contributed by atoms with E-state index >= 15 is 0 Å². The van der Waals surface area contributed by atoms with Crippen LogP contribution in [0.25, 0.3) is 0 Å². The Bertz CT molecular complexity index is 1040. The molecule has 1 saturated heterocycles. The lowest BCUT2D eigenvalue weighted by molar-refractivity contribution is -0.274. The Kier molecular flexibility index (Phi) is 12.6. The quantitative estimate of drug-likeness (QED) is 0.198. The van der Waals surface area contributed by atoms with Crippen LogP contribution in [0.4, 0.5) is 24.8 Å². The van der Waals surface area contributed by atoms with Gasteiger partial charge in [-0.2, -0.15) is 9.97 Å². The number of hydrogen-bond donors (Lipinski definition) is 2. The van der Waals surface area contributed by atoms with Crippen molar-refractivity contribution in [1.29, 1.82) is 0 Å². The number of aliphatic carboxylic acids is 1. The number of unbranched alkanes of at least 4 members (excludes halogenated alkanes) is 7. The molecule has 0 amide bonds. The van der Waals surface area contributed by atoms with Crippen LogP contribution in [0.15, 0.2) is 30.3 Å². The molecule has 1 aromatic carbocycles. The number of piperidine rings is 1. The molecule has 11 heteroatoms. The predicted molar refractivity (Wildman–Crippen MR) is 148 cm³/mol. The third-order valence-corrected chi connectivity index (χ3v) is 6.88. The number of anilines is 2. The number of nitrogens with one attached hydrogen (secondary N) is 1. The van der Waals surface area contributed by atoms with E-state index in [1.165, 1.54) is 44.2 Å². The monoisotopic (exact) mass is 566 g/mol. The fourth-order valence-electron chi connectivity index (χ4n) is 4.77. The largest absolute Gasteiger partial charge is 0.573 e. The molecule has 222 valence electrons. The Morgan fingerprint density at radius 3 is 2.42 bits per heavy atom. The Balaban J connectivity index is 1.60. The van der Waals surface area contributed by atoms with Crippen LogP contribution >= 0.6 is 0 Å². The molecule has 1 fully saturated rings. The molecule has 0 aliphatic carbocycles. The number of benzene rings is 1. The first-order valence-electron chi connectivity index (χ1n) is 14.3. The van der Waals surface area contributed by atoms with Gasteiger partial charge >= 0.3 is 18.3 Å². The van der Waals surface area contributed by atoms with Crippen molar-refractivity contribution in [3.8, 4) is 11.8 Å². The third-order valence-electron chi connectivity index (χ3n) is 6.88. The van der Waals surface area contributed by atoms with Gasteiger partial charge < -0.3 is 24.8 Å². The van der Waals surface area contributed by atoms with Gasteiger partial charge in [0.1, 0.15) is 23.4 Å². The summed E-state index contributed by atoms with van der Waals surface area (Å²) in [6, 6.07) is 7.00. The van der Waals surface area contributed by atoms with Crippen molar-refractivity contribution in [2.45, 2.75) is 96.4 Å². The van der Waals surface area contributed by atoms with Crippen molar-refractivity contribution in [3.63, 3.8) is 0 Å². The van der Waals surface area contributed by atoms with E-state index in [0.717, 1.165) is 37.7 Å². The molecule has 1 aliphatic rings. The summed E-state index contributed by atoms with van der Waals surface area (Å²) in [5, 5.41) is 13.0. The van der Waals surface area contributed by atoms with E-state index in [9.17, 15) is 23.1 Å². The molecule has 0 bridgehead atoms. The Morgan fingerprint density at radius 1 is 1.05 bits per heavy atom. The number of ether oxygens (including phenoxy) is 2. The van der Waals surface area contributed by atoms with Gasteiger partial charge in [0.2, 0.25) is 0 Å². The zero-order chi connectivity index (χ0) is 28.8. The predicted octanol–water partition coefficient (Wildman–Crippen LogP) is 6.99. The Labute approximate surface area is 234 Å². The maximum atomic E-state index is 12.4. The van der Waals surface area contributed by atoms with Crippen LogP contribution in [0.2, 0.25) is 0 Å². The fraction of sp³-hybridized carbons (Fsp3) is 0.621. The number of carbonyl (C=O) groups is 1. The second-order valence-electron chi connectivity index (χ2n) is 10.1. The van der Waals surface area contributed by atoms with E-state index < -0.39 is 18.4 Å². The third kappa shape index (κ3) is 11.1. The summed E-state index contributed by atoms with van der Waals surface area (Å²) in [4.78, 5) is 22.7. The van der Waals surface area contributed by atoms with Gasteiger partial charge in [0.25, 0.3) is 0 Å². The number of halogens is 3. The highest BCUT2D eigenvalue weighted by Gasteiger charge is 2.31. The molecule has 40 heavy (non-hydrogen) atoms. The SMILES string of the molecule is CCCCCCCCCCOc1nc(NCCc2ccc(OC(F)(F)F)cc2)cc(N2CCCCC2C(=O)O)n1. The lowest BCUT2D eigenvalue weighted by Gasteiger charge is -2.34. The lowest BCUT2D eigenvalue weighted by Crippen LogP contribution is -2.45. The van der Waals surface area contributed by atoms with E-state index in [0.29, 0.717) is 44.2 Å². The highest BCUT2D eigenvalue weighted by atomic mass is 19.4. The average molecular weight is 567 g/mol. The molecule has 1 unspecified atom stereocenters. The molecule has 1 aromatic heterocycles. The minimum absolute atomic E-state index is 0.200. The molecule has 8 nitrogen and oxygen atoms in total. The summed E-state index contributed by atoms with van der Waals surface area (Å²) in [6.07, 6.45) is 7.49. The first-order chi connectivity index (χ1) is 19.2. The summed E-state index contributed by atoms with van der Waals surface area (Å²) in [6.45, 7) is 3.72. The van der Waals surface area contributed by atoms with Crippen LogP contribution in [0.5, 0.6) is 11.8 Å². The van der Waals surface area contributed by atoms with E-state index in [1.807, 2.05) is 0 Å². The van der Waals surface area contributed by atoms with Crippen LogP contribution in [-0.2, 0) is 11.2 Å². The van der Waals surface area contributed by atoms with Crippen LogP contribution < -0.4 is 19.7 Å². The van der Waals surface area contributed by atoms with Crippen LogP contribution in [-0.4, -0.2) is 53.1 Å². The van der Waals surface area contributed by atoms with E-state index in [2.05, 4.69) is 26.9 Å². The van der Waals surface area contributed by atoms with Gasteiger partial charge in [0.05, 0.1) is 6.61 Å². The molecule has 0 saturated carbocycles. The van der Waals surface area contributed by atoms with Crippen molar-refractivity contribution in [2.75, 3.05) is 29.9 Å². The van der Waals surface area contributed by atoms with Crippen LogP contribution in [0, 0.1) is 0 Å². The standard InChI is InChI=1S/C29H41F3N4O4/c1-2-3-4-5-6-7-8-11-20-39-28-34-25(21-26(35-28)36-19-10-9-12-24(36)27(37)38)33-18-17-22-13-15-23(16-14-22)40-29(30,31)32/h13-16,21,24H,2-12,17-20H2,1H3,(H,37,38)(H,33,34,35). The van der Waals surface area contributed by atoms with Crippen molar-refractivity contribution in [1.82, 2.24) is 9.97 Å². The second-order valence-corrected chi connectivity index (χ2v) is 10.1. The molecule has 2 heterocycles. The molecular weight excluding hydrogens is 525 g/mol. The lowest BCUT2D eigenvalue weighted by atomic mass is 10.0. The van der Waals surface area contributed by atoms with Gasteiger partial charge in [0, 0.05) is 19.2 Å². The minimum atomic E-state index is -4.73. The molecule has 1 aliphatic heterocycles. The van der Waals surface area contributed by atoms with Crippen molar-refractivity contribution in [3.05, 3.63) is 35.9 Å². The summed E-state index contributed by atoms with van der Waals surface area (Å²) < 4.78 is 47.0. The number of hydrogen-bond acceptors (Lipinski definition) is 7. The van der Waals surface area contributed by atoms with Crippen molar-refractivity contribution in [2.24, 2.45) is 0 Å². The Morgan fingerprint density at radius 2 is 1.75 bits per heavy atom. The van der Waals surface area contributed by atoms with Gasteiger partial charge in [-0.1, -0.05) is 64.0 Å². The van der Waals surface area contributed by atoms with E-state index in [4.69, 9.17) is 4.74 Å². The topological polar surface area (TPSA) is 96.8 Å². The molecule has 3 rings (SSSR count). The summed E-state index contributed by atoms with van der Waals surface area (Å²) in [5.74, 6) is -0.142. The molecule has 1 atom stereocenters. The smallest absolute Gasteiger partial charge is 0.480 e. The first-order valence-corrected chi connectivity index (χ1v) is 14.3. The minimum Gasteiger partial charge on any atom is -0.480 e. The highest BCUT2D eigenvalue weighted by molar-refractivity contribution is 5.78. The van der Waals surface area contributed by atoms with Crippen molar-refractivity contribution < 1.29 is 32.5 Å². The second kappa shape index (κ2) is 16.1. The van der Waals surface area contributed by atoms with Gasteiger partial charge in [-0.3, -0.25) is 0 Å². The average Bonchev–Trinajstić information content (AvgIpc) is 2.92. The Hall–Kier alpha value is -3.24. The van der Waals surface area contributed by atoms with Gasteiger partial charge in [-0.15, -0.1) is 13.2 Å². The highest BCUT2D eigenvalue weighted by Crippen LogP contribution is 2.27. The van der Waals surface area contributed by atoms with E-state index in [-0.39, 0.29) is 11.8 Å². The number of rotatable bonds is 17. The van der Waals surface area contributed by atoms with Crippen molar-refractivity contribution >= 4 is 17.6 Å². The maximum absolute atomic E-state index is 12.4. The normalized spacial score (nSPS) is 15.6.